The van der Waals surface area contributed by atoms with Crippen LogP contribution in [-0.2, 0) is 9.53 Å². The minimum Gasteiger partial charge on any atom is -0.388 e. The fraction of sp³-hybridized carbons (Fsp3) is 0.944. The number of likely N-dealkylation sites (tertiary alicyclic amines) is 1. The first kappa shape index (κ1) is 23.2. The number of ether oxygens (including phenoxy) is 1. The van der Waals surface area contributed by atoms with Crippen LogP contribution in [0.5, 0.6) is 0 Å². The number of hydrogen-bond acceptors (Lipinski definition) is 7. The summed E-state index contributed by atoms with van der Waals surface area (Å²) in [6.45, 7) is 4.74. The van der Waals surface area contributed by atoms with Crippen molar-refractivity contribution < 1.29 is 24.9 Å². The van der Waals surface area contributed by atoms with Crippen molar-refractivity contribution in [2.75, 3.05) is 19.8 Å². The number of nitrogens with one attached hydrogen (secondary N) is 1. The Morgan fingerprint density at radius 2 is 2.00 bits per heavy atom. The number of rotatable bonds is 7. The Balaban J connectivity index is 2.09. The van der Waals surface area contributed by atoms with Crippen LogP contribution >= 0.6 is 23.4 Å². The number of carbonyl (C=O) groups excluding carboxylic acids is 1. The van der Waals surface area contributed by atoms with E-state index >= 15 is 0 Å². The van der Waals surface area contributed by atoms with Gasteiger partial charge in [0.2, 0.25) is 5.91 Å². The SMILES string of the molecule is CCC[C@H]1C[C@H](C(=O)N[C@H]([C@@H]2O[C@@H](SC)[C@@H](O)[C@H](O)[C@@H]2O)[C@H](C)Cl)N(C)C1. The van der Waals surface area contributed by atoms with Gasteiger partial charge in [-0.2, -0.15) is 0 Å². The second kappa shape index (κ2) is 10.1. The Bertz CT molecular complexity index is 498. The standard InChI is InChI=1S/C18H33ClN2O5S/c1-5-6-10-7-11(21(3)8-10)17(25)20-12(9(2)19)16-14(23)13(22)15(24)18(26-16)27-4/h9-16,18,22-24H,5-8H2,1-4H3,(H,20,25)/t9-,10-,11+,12-,13+,14-,15-,16-,18-/m0/s1. The Labute approximate surface area is 170 Å². The maximum atomic E-state index is 12.9. The van der Waals surface area contributed by atoms with Gasteiger partial charge >= 0.3 is 0 Å². The van der Waals surface area contributed by atoms with E-state index in [0.29, 0.717) is 5.92 Å². The molecule has 2 aliphatic heterocycles. The van der Waals surface area contributed by atoms with Gasteiger partial charge in [-0.25, -0.2) is 0 Å². The van der Waals surface area contributed by atoms with Crippen molar-refractivity contribution in [3.8, 4) is 0 Å². The minimum absolute atomic E-state index is 0.147. The van der Waals surface area contributed by atoms with Crippen LogP contribution in [0.1, 0.15) is 33.1 Å². The summed E-state index contributed by atoms with van der Waals surface area (Å²) in [5.41, 5.74) is -0.702. The van der Waals surface area contributed by atoms with E-state index in [4.69, 9.17) is 16.3 Å². The molecule has 0 saturated carbocycles. The lowest BCUT2D eigenvalue weighted by Gasteiger charge is -2.44. The molecule has 4 N–H and O–H groups in total. The fourth-order valence-electron chi connectivity index (χ4n) is 4.11. The smallest absolute Gasteiger partial charge is 0.237 e. The summed E-state index contributed by atoms with van der Waals surface area (Å²) < 4.78 is 5.79. The van der Waals surface area contributed by atoms with Crippen LogP contribution < -0.4 is 5.32 Å². The van der Waals surface area contributed by atoms with Crippen molar-refractivity contribution in [3.63, 3.8) is 0 Å². The van der Waals surface area contributed by atoms with Crippen LogP contribution in [0.4, 0.5) is 0 Å². The molecule has 0 bridgehead atoms. The quantitative estimate of drug-likeness (QED) is 0.438. The number of nitrogens with zero attached hydrogens (tertiary/aromatic N) is 1. The lowest BCUT2D eigenvalue weighted by Crippen LogP contribution is -2.65. The maximum absolute atomic E-state index is 12.9. The topological polar surface area (TPSA) is 102 Å². The van der Waals surface area contributed by atoms with Crippen molar-refractivity contribution >= 4 is 29.3 Å². The normalized spacial score (nSPS) is 39.9. The van der Waals surface area contributed by atoms with Crippen LogP contribution in [0.3, 0.4) is 0 Å². The zero-order chi connectivity index (χ0) is 20.3. The number of hydrogen-bond donors (Lipinski definition) is 4. The second-order valence-corrected chi connectivity index (χ2v) is 9.36. The van der Waals surface area contributed by atoms with Gasteiger partial charge in [0, 0.05) is 6.54 Å². The molecule has 0 radical (unpaired) electrons. The van der Waals surface area contributed by atoms with Crippen LogP contribution in [-0.4, -0.2) is 93.3 Å². The average Bonchev–Trinajstić information content (AvgIpc) is 2.99. The van der Waals surface area contributed by atoms with Crippen molar-refractivity contribution in [1.29, 1.82) is 0 Å². The van der Waals surface area contributed by atoms with Crippen LogP contribution in [0, 0.1) is 5.92 Å². The first-order valence-corrected chi connectivity index (χ1v) is 11.3. The average molecular weight is 425 g/mol. The van der Waals surface area contributed by atoms with Gasteiger partial charge in [0.15, 0.2) is 0 Å². The summed E-state index contributed by atoms with van der Waals surface area (Å²) in [5.74, 6) is 0.350. The number of halogens is 1. The highest BCUT2D eigenvalue weighted by atomic mass is 35.5. The molecule has 0 spiro atoms. The number of carbonyl (C=O) groups is 1. The molecule has 9 heteroatoms. The van der Waals surface area contributed by atoms with Crippen molar-refractivity contribution in [1.82, 2.24) is 10.2 Å². The molecule has 0 aliphatic carbocycles. The summed E-state index contributed by atoms with van der Waals surface area (Å²) in [6, 6.07) is -0.934. The Hall–Kier alpha value is -0.0900. The Kier molecular flexibility index (Phi) is 8.67. The minimum atomic E-state index is -1.36. The summed E-state index contributed by atoms with van der Waals surface area (Å²) in [4.78, 5) is 14.9. The molecule has 2 heterocycles. The van der Waals surface area contributed by atoms with E-state index in [1.807, 2.05) is 11.9 Å². The van der Waals surface area contributed by atoms with E-state index < -0.39 is 41.3 Å². The van der Waals surface area contributed by atoms with E-state index in [1.54, 1.807) is 13.2 Å². The summed E-state index contributed by atoms with van der Waals surface area (Å²) >= 11 is 7.55. The summed E-state index contributed by atoms with van der Waals surface area (Å²) in [6.07, 6.45) is -0.0980. The second-order valence-electron chi connectivity index (χ2n) is 7.73. The molecule has 0 aromatic heterocycles. The number of aliphatic hydroxyl groups excluding tert-OH is 3. The number of aliphatic hydroxyl groups is 3. The van der Waals surface area contributed by atoms with Gasteiger partial charge in [-0.05, 0) is 39.0 Å². The molecule has 0 unspecified atom stereocenters. The lowest BCUT2D eigenvalue weighted by molar-refractivity contribution is -0.205. The highest BCUT2D eigenvalue weighted by Gasteiger charge is 2.48. The van der Waals surface area contributed by atoms with E-state index in [2.05, 4.69) is 12.2 Å². The van der Waals surface area contributed by atoms with Gasteiger partial charge in [-0.15, -0.1) is 23.4 Å². The fourth-order valence-corrected chi connectivity index (χ4v) is 5.00. The van der Waals surface area contributed by atoms with E-state index in [1.165, 1.54) is 11.8 Å². The third-order valence-corrected chi connectivity index (χ3v) is 6.76. The molecule has 9 atom stereocenters. The molecule has 2 aliphatic rings. The Morgan fingerprint density at radius 1 is 1.33 bits per heavy atom. The van der Waals surface area contributed by atoms with Gasteiger partial charge in [0.25, 0.3) is 0 Å². The first-order chi connectivity index (χ1) is 12.7. The Morgan fingerprint density at radius 3 is 2.56 bits per heavy atom. The molecule has 27 heavy (non-hydrogen) atoms. The monoisotopic (exact) mass is 424 g/mol. The zero-order valence-corrected chi connectivity index (χ0v) is 18.0. The van der Waals surface area contributed by atoms with Gasteiger partial charge in [-0.3, -0.25) is 9.69 Å². The highest BCUT2D eigenvalue weighted by Crippen LogP contribution is 2.31. The molecule has 2 rings (SSSR count). The predicted octanol–water partition coefficient (Wildman–Crippen LogP) is 0.390. The molecule has 158 valence electrons. The number of amides is 1. The van der Waals surface area contributed by atoms with E-state index in [9.17, 15) is 20.1 Å². The summed E-state index contributed by atoms with van der Waals surface area (Å²) in [5, 5.41) is 33.0. The molecule has 2 fully saturated rings. The molecular formula is C18H33ClN2O5S. The van der Waals surface area contributed by atoms with Crippen LogP contribution in [0.25, 0.3) is 0 Å². The number of thioether (sulfide) groups is 1. The first-order valence-electron chi connectivity index (χ1n) is 9.58. The zero-order valence-electron chi connectivity index (χ0n) is 16.4. The molecular weight excluding hydrogens is 392 g/mol. The predicted molar refractivity (Wildman–Crippen MR) is 107 cm³/mol. The molecule has 1 amide bonds. The largest absolute Gasteiger partial charge is 0.388 e. The number of alkyl halides is 1. The summed E-state index contributed by atoms with van der Waals surface area (Å²) in [7, 11) is 1.94. The lowest BCUT2D eigenvalue weighted by atomic mass is 9.92. The third-order valence-electron chi connectivity index (χ3n) is 5.63. The van der Waals surface area contributed by atoms with Crippen LogP contribution in [0.2, 0.25) is 0 Å². The van der Waals surface area contributed by atoms with Gasteiger partial charge in [0.1, 0.15) is 29.9 Å². The molecule has 7 nitrogen and oxygen atoms in total. The van der Waals surface area contributed by atoms with Crippen LogP contribution in [0.15, 0.2) is 0 Å². The highest BCUT2D eigenvalue weighted by molar-refractivity contribution is 7.99. The van der Waals surface area contributed by atoms with E-state index in [-0.39, 0.29) is 11.9 Å². The van der Waals surface area contributed by atoms with Crippen molar-refractivity contribution in [3.05, 3.63) is 0 Å². The van der Waals surface area contributed by atoms with Gasteiger partial charge in [-0.1, -0.05) is 13.3 Å². The molecule has 2 saturated heterocycles. The van der Waals surface area contributed by atoms with Gasteiger partial charge < -0.3 is 25.4 Å². The van der Waals surface area contributed by atoms with Crippen molar-refractivity contribution in [2.24, 2.45) is 5.92 Å². The van der Waals surface area contributed by atoms with E-state index in [0.717, 1.165) is 25.8 Å². The third kappa shape index (κ3) is 5.29. The number of likely N-dealkylation sites (N-methyl/N-ethyl adjacent to an activating group) is 1. The van der Waals surface area contributed by atoms with Gasteiger partial charge in [0.05, 0.1) is 17.5 Å². The molecule has 0 aromatic rings. The molecule has 0 aromatic carbocycles. The van der Waals surface area contributed by atoms with Crippen molar-refractivity contribution in [2.45, 2.75) is 80.4 Å². The maximum Gasteiger partial charge on any atom is 0.237 e.